The fraction of sp³-hybridized carbons (Fsp3) is 0.435. The summed E-state index contributed by atoms with van der Waals surface area (Å²) in [5.74, 6) is 0.0795. The number of piperazine rings is 1. The van der Waals surface area contributed by atoms with E-state index < -0.39 is 0 Å². The molecule has 2 aromatic rings. The third-order valence-corrected chi connectivity index (χ3v) is 5.68. The van der Waals surface area contributed by atoms with Crippen molar-refractivity contribution in [2.24, 2.45) is 0 Å². The first-order chi connectivity index (χ1) is 14.6. The largest absolute Gasteiger partial charge is 0.352 e. The Kier molecular flexibility index (Phi) is 6.15. The van der Waals surface area contributed by atoms with Gasteiger partial charge in [-0.15, -0.1) is 0 Å². The Hall–Kier alpha value is -3.11. The Balaban J connectivity index is 1.34. The Labute approximate surface area is 176 Å². The molecule has 7 heteroatoms. The highest BCUT2D eigenvalue weighted by atomic mass is 16.2. The van der Waals surface area contributed by atoms with E-state index in [2.05, 4.69) is 20.9 Å². The number of fused-ring (bicyclic) bond motifs is 1. The van der Waals surface area contributed by atoms with E-state index in [-0.39, 0.29) is 11.8 Å². The van der Waals surface area contributed by atoms with Crippen LogP contribution in [0.3, 0.4) is 0 Å². The van der Waals surface area contributed by atoms with Gasteiger partial charge >= 0.3 is 0 Å². The van der Waals surface area contributed by atoms with Crippen LogP contribution < -0.4 is 5.32 Å². The van der Waals surface area contributed by atoms with Gasteiger partial charge in [-0.3, -0.25) is 14.5 Å². The van der Waals surface area contributed by atoms with Gasteiger partial charge in [0, 0.05) is 67.5 Å². The Morgan fingerprint density at radius 2 is 1.93 bits per heavy atom. The molecule has 1 N–H and O–H groups in total. The van der Waals surface area contributed by atoms with Crippen LogP contribution in [0, 0.1) is 11.3 Å². The summed E-state index contributed by atoms with van der Waals surface area (Å²) in [6.07, 6.45) is 8.13. The van der Waals surface area contributed by atoms with E-state index in [0.29, 0.717) is 51.7 Å². The third-order valence-electron chi connectivity index (χ3n) is 5.68. The minimum Gasteiger partial charge on any atom is -0.352 e. The van der Waals surface area contributed by atoms with Crippen LogP contribution in [0.4, 0.5) is 0 Å². The summed E-state index contributed by atoms with van der Waals surface area (Å²) in [5, 5.41) is 13.0. The normalized spacial score (nSPS) is 17.4. The van der Waals surface area contributed by atoms with Gasteiger partial charge in [-0.05, 0) is 25.0 Å². The second-order valence-corrected chi connectivity index (χ2v) is 7.98. The fourth-order valence-electron chi connectivity index (χ4n) is 3.86. The summed E-state index contributed by atoms with van der Waals surface area (Å²) >= 11 is 0. The number of amides is 2. The minimum atomic E-state index is -0.00839. The van der Waals surface area contributed by atoms with Gasteiger partial charge in [0.25, 0.3) is 0 Å². The first kappa shape index (κ1) is 20.2. The smallest absolute Gasteiger partial charge is 0.246 e. The molecule has 1 aliphatic heterocycles. The highest BCUT2D eigenvalue weighted by molar-refractivity contribution is 5.96. The van der Waals surface area contributed by atoms with Crippen molar-refractivity contribution in [3.05, 3.63) is 42.1 Å². The van der Waals surface area contributed by atoms with E-state index in [4.69, 9.17) is 5.26 Å². The minimum absolute atomic E-state index is 0.00839. The molecule has 1 aromatic carbocycles. The van der Waals surface area contributed by atoms with Crippen LogP contribution in [0.5, 0.6) is 0 Å². The molecule has 2 fully saturated rings. The highest BCUT2D eigenvalue weighted by Gasteiger charge is 2.25. The molecule has 1 aromatic heterocycles. The van der Waals surface area contributed by atoms with Gasteiger partial charge in [-0.2, -0.15) is 5.26 Å². The molecule has 1 saturated heterocycles. The average molecular weight is 406 g/mol. The molecule has 156 valence electrons. The second kappa shape index (κ2) is 9.14. The number of carbonyl (C=O) groups excluding carboxylic acids is 2. The monoisotopic (exact) mass is 405 g/mol. The third kappa shape index (κ3) is 4.89. The van der Waals surface area contributed by atoms with Crippen molar-refractivity contribution in [2.75, 3.05) is 32.7 Å². The summed E-state index contributed by atoms with van der Waals surface area (Å²) in [4.78, 5) is 28.5. The number of hydrogen-bond donors (Lipinski definition) is 1. The zero-order valence-electron chi connectivity index (χ0n) is 17.1. The van der Waals surface area contributed by atoms with Crippen molar-refractivity contribution in [3.63, 3.8) is 0 Å². The summed E-state index contributed by atoms with van der Waals surface area (Å²) in [6, 6.07) is 10.6. The topological polar surface area (TPSA) is 81.4 Å². The molecule has 1 aliphatic carbocycles. The number of carbonyl (C=O) groups is 2. The van der Waals surface area contributed by atoms with E-state index in [0.717, 1.165) is 29.3 Å². The van der Waals surface area contributed by atoms with E-state index in [9.17, 15) is 9.59 Å². The number of nitrogens with zero attached hydrogens (tertiary/aromatic N) is 4. The molecule has 4 rings (SSSR count). The van der Waals surface area contributed by atoms with Crippen LogP contribution in [0.25, 0.3) is 17.0 Å². The lowest BCUT2D eigenvalue weighted by Gasteiger charge is -2.33. The number of para-hydroxylation sites is 1. The van der Waals surface area contributed by atoms with Gasteiger partial charge in [0.1, 0.15) is 0 Å². The predicted molar refractivity (Wildman–Crippen MR) is 115 cm³/mol. The SMILES string of the molecule is N#CCCn1cc(C=CC(=O)N2CCN(CC(=O)NC3CC3)CC2)c2ccccc21. The van der Waals surface area contributed by atoms with Gasteiger partial charge in [-0.25, -0.2) is 0 Å². The van der Waals surface area contributed by atoms with Crippen molar-refractivity contribution >= 4 is 28.8 Å². The Morgan fingerprint density at radius 3 is 2.67 bits per heavy atom. The average Bonchev–Trinajstić information content (AvgIpc) is 3.50. The number of aryl methyl sites for hydroxylation is 1. The lowest BCUT2D eigenvalue weighted by Crippen LogP contribution is -2.51. The number of aromatic nitrogens is 1. The number of benzene rings is 1. The van der Waals surface area contributed by atoms with E-state index in [1.165, 1.54) is 0 Å². The van der Waals surface area contributed by atoms with Gasteiger partial charge < -0.3 is 14.8 Å². The van der Waals surface area contributed by atoms with Crippen LogP contribution in [-0.4, -0.2) is 64.9 Å². The standard InChI is InChI=1S/C23H27N5O2/c24-10-3-11-28-16-18(20-4-1-2-5-21(20)28)6-9-23(30)27-14-12-26(13-15-27)17-22(29)25-19-7-8-19/h1-2,4-6,9,16,19H,3,7-8,11-15,17H2,(H,25,29). The lowest BCUT2D eigenvalue weighted by molar-refractivity contribution is -0.128. The van der Waals surface area contributed by atoms with Gasteiger partial charge in [-0.1, -0.05) is 18.2 Å². The van der Waals surface area contributed by atoms with Crippen LogP contribution in [0.2, 0.25) is 0 Å². The molecule has 0 bridgehead atoms. The molecular formula is C23H27N5O2. The zero-order valence-corrected chi connectivity index (χ0v) is 17.1. The van der Waals surface area contributed by atoms with Crippen LogP contribution in [-0.2, 0) is 16.1 Å². The number of rotatable bonds is 7. The van der Waals surface area contributed by atoms with Gasteiger partial charge in [0.15, 0.2) is 0 Å². The van der Waals surface area contributed by atoms with Crippen molar-refractivity contribution < 1.29 is 9.59 Å². The molecule has 1 saturated carbocycles. The van der Waals surface area contributed by atoms with E-state index >= 15 is 0 Å². The van der Waals surface area contributed by atoms with Crippen LogP contribution in [0.15, 0.2) is 36.5 Å². The number of nitrogens with one attached hydrogen (secondary N) is 1. The summed E-state index contributed by atoms with van der Waals surface area (Å²) in [6.45, 7) is 3.73. The molecule has 2 amide bonds. The van der Waals surface area contributed by atoms with E-state index in [1.807, 2.05) is 41.4 Å². The fourth-order valence-corrected chi connectivity index (χ4v) is 3.86. The second-order valence-electron chi connectivity index (χ2n) is 7.98. The first-order valence-corrected chi connectivity index (χ1v) is 10.6. The van der Waals surface area contributed by atoms with Crippen LogP contribution >= 0.6 is 0 Å². The molecule has 2 aliphatic rings. The Bertz CT molecular complexity index is 991. The molecular weight excluding hydrogens is 378 g/mol. The molecule has 30 heavy (non-hydrogen) atoms. The quantitative estimate of drug-likeness (QED) is 0.715. The Morgan fingerprint density at radius 1 is 1.17 bits per heavy atom. The van der Waals surface area contributed by atoms with Gasteiger partial charge in [0.05, 0.1) is 19.0 Å². The van der Waals surface area contributed by atoms with E-state index in [1.54, 1.807) is 6.08 Å². The molecule has 0 atom stereocenters. The maximum absolute atomic E-state index is 12.7. The van der Waals surface area contributed by atoms with Crippen molar-refractivity contribution in [3.8, 4) is 6.07 Å². The highest BCUT2D eigenvalue weighted by Crippen LogP contribution is 2.23. The first-order valence-electron chi connectivity index (χ1n) is 10.6. The lowest BCUT2D eigenvalue weighted by atomic mass is 10.1. The van der Waals surface area contributed by atoms with Gasteiger partial charge in [0.2, 0.25) is 11.8 Å². The summed E-state index contributed by atoms with van der Waals surface area (Å²) in [5.41, 5.74) is 2.05. The predicted octanol–water partition coefficient (Wildman–Crippen LogP) is 1.99. The maximum atomic E-state index is 12.7. The maximum Gasteiger partial charge on any atom is 0.246 e. The molecule has 2 heterocycles. The molecule has 0 spiro atoms. The van der Waals surface area contributed by atoms with Crippen molar-refractivity contribution in [1.29, 1.82) is 5.26 Å². The number of hydrogen-bond acceptors (Lipinski definition) is 4. The number of nitriles is 1. The summed E-state index contributed by atoms with van der Waals surface area (Å²) in [7, 11) is 0. The molecule has 7 nitrogen and oxygen atoms in total. The van der Waals surface area contributed by atoms with Crippen molar-refractivity contribution in [2.45, 2.75) is 31.8 Å². The zero-order chi connectivity index (χ0) is 20.9. The van der Waals surface area contributed by atoms with Crippen LogP contribution in [0.1, 0.15) is 24.8 Å². The molecule has 0 radical (unpaired) electrons. The van der Waals surface area contributed by atoms with Crippen molar-refractivity contribution in [1.82, 2.24) is 19.7 Å². The summed E-state index contributed by atoms with van der Waals surface area (Å²) < 4.78 is 2.06. The molecule has 0 unspecified atom stereocenters.